The number of anilines is 5. The number of pyridine rings is 1. The van der Waals surface area contributed by atoms with E-state index >= 15 is 0 Å². The van der Waals surface area contributed by atoms with Gasteiger partial charge in [0.05, 0.1) is 5.56 Å². The molecule has 0 aliphatic carbocycles. The molecule has 0 amide bonds. The lowest BCUT2D eigenvalue weighted by atomic mass is 10.1. The normalized spacial score (nSPS) is 16.9. The molecule has 0 bridgehead atoms. The van der Waals surface area contributed by atoms with Crippen LogP contribution >= 0.6 is 0 Å². The number of aromatic nitrogens is 3. The highest BCUT2D eigenvalue weighted by Gasteiger charge is 2.36. The van der Waals surface area contributed by atoms with Gasteiger partial charge in [-0.05, 0) is 56.9 Å². The highest BCUT2D eigenvalue weighted by molar-refractivity contribution is 5.65. The summed E-state index contributed by atoms with van der Waals surface area (Å²) in [6, 6.07) is 9.13. The Morgan fingerprint density at radius 3 is 2.34 bits per heavy atom. The van der Waals surface area contributed by atoms with Gasteiger partial charge in [0.25, 0.3) is 0 Å². The van der Waals surface area contributed by atoms with Crippen molar-refractivity contribution in [3.8, 4) is 0 Å². The number of rotatable bonds is 5. The molecule has 1 aromatic carbocycles. The van der Waals surface area contributed by atoms with E-state index < -0.39 is 11.7 Å². The SMILES string of the molecule is Cc1c(F)cccc1Nc1cc(N2CCCCC2)nc(N2CCCN(c3ncccc3C(F)(F)F)CC2)n1. The number of benzene rings is 1. The summed E-state index contributed by atoms with van der Waals surface area (Å²) in [7, 11) is 0. The van der Waals surface area contributed by atoms with Crippen LogP contribution in [0.25, 0.3) is 0 Å². The zero-order valence-electron chi connectivity index (χ0n) is 21.3. The zero-order chi connectivity index (χ0) is 26.7. The molecular weight excluding hydrogens is 498 g/mol. The van der Waals surface area contributed by atoms with Gasteiger partial charge in [0, 0.05) is 62.8 Å². The monoisotopic (exact) mass is 529 g/mol. The van der Waals surface area contributed by atoms with Gasteiger partial charge in [-0.3, -0.25) is 0 Å². The predicted octanol–water partition coefficient (Wildman–Crippen LogP) is 5.79. The van der Waals surface area contributed by atoms with E-state index in [-0.39, 0.29) is 11.6 Å². The second-order valence-electron chi connectivity index (χ2n) is 9.70. The van der Waals surface area contributed by atoms with E-state index in [1.54, 1.807) is 24.0 Å². The Morgan fingerprint density at radius 2 is 1.55 bits per heavy atom. The molecule has 2 saturated heterocycles. The number of halogens is 4. The number of nitrogens with zero attached hydrogens (tertiary/aromatic N) is 6. The summed E-state index contributed by atoms with van der Waals surface area (Å²) >= 11 is 0. The molecule has 0 spiro atoms. The molecule has 2 aromatic heterocycles. The molecule has 0 unspecified atom stereocenters. The van der Waals surface area contributed by atoms with Crippen LogP contribution in [0.1, 0.15) is 36.8 Å². The van der Waals surface area contributed by atoms with E-state index in [0.29, 0.717) is 55.6 Å². The third kappa shape index (κ3) is 5.76. The van der Waals surface area contributed by atoms with Gasteiger partial charge >= 0.3 is 6.18 Å². The Kier molecular flexibility index (Phi) is 7.53. The molecule has 0 saturated carbocycles. The summed E-state index contributed by atoms with van der Waals surface area (Å²) < 4.78 is 55.0. The van der Waals surface area contributed by atoms with Crippen LogP contribution in [0, 0.1) is 12.7 Å². The van der Waals surface area contributed by atoms with E-state index in [2.05, 4.69) is 15.2 Å². The van der Waals surface area contributed by atoms with Crippen LogP contribution in [0.2, 0.25) is 0 Å². The highest BCUT2D eigenvalue weighted by Crippen LogP contribution is 2.35. The van der Waals surface area contributed by atoms with Gasteiger partial charge in [-0.25, -0.2) is 9.37 Å². The van der Waals surface area contributed by atoms with Crippen LogP contribution in [-0.4, -0.2) is 54.2 Å². The zero-order valence-corrected chi connectivity index (χ0v) is 21.3. The highest BCUT2D eigenvalue weighted by atomic mass is 19.4. The van der Waals surface area contributed by atoms with Crippen molar-refractivity contribution >= 4 is 29.1 Å². The second-order valence-corrected chi connectivity index (χ2v) is 9.70. The molecule has 3 aromatic rings. The van der Waals surface area contributed by atoms with E-state index in [1.807, 2.05) is 11.0 Å². The molecule has 2 aliphatic heterocycles. The average Bonchev–Trinajstić information content (AvgIpc) is 3.18. The molecule has 1 N–H and O–H groups in total. The van der Waals surface area contributed by atoms with Crippen molar-refractivity contribution < 1.29 is 17.6 Å². The van der Waals surface area contributed by atoms with Gasteiger partial charge in [0.15, 0.2) is 0 Å². The maximum Gasteiger partial charge on any atom is 0.419 e. The lowest BCUT2D eigenvalue weighted by molar-refractivity contribution is -0.137. The number of hydrogen-bond acceptors (Lipinski definition) is 7. The quantitative estimate of drug-likeness (QED) is 0.420. The van der Waals surface area contributed by atoms with Gasteiger partial charge in [-0.15, -0.1) is 0 Å². The average molecular weight is 530 g/mol. The summed E-state index contributed by atoms with van der Waals surface area (Å²) in [5.41, 5.74) is 0.387. The summed E-state index contributed by atoms with van der Waals surface area (Å²) in [5, 5.41) is 3.26. The lowest BCUT2D eigenvalue weighted by Crippen LogP contribution is -2.34. The van der Waals surface area contributed by atoms with E-state index in [1.165, 1.54) is 24.8 Å². The molecule has 5 rings (SSSR count). The third-order valence-electron chi connectivity index (χ3n) is 7.08. The minimum absolute atomic E-state index is 0.0474. The number of piperidine rings is 1. The maximum absolute atomic E-state index is 14.2. The molecule has 38 heavy (non-hydrogen) atoms. The number of nitrogens with one attached hydrogen (secondary N) is 1. The van der Waals surface area contributed by atoms with Crippen LogP contribution in [0.15, 0.2) is 42.6 Å². The van der Waals surface area contributed by atoms with Crippen LogP contribution in [0.5, 0.6) is 0 Å². The van der Waals surface area contributed by atoms with Crippen molar-refractivity contribution in [3.63, 3.8) is 0 Å². The van der Waals surface area contributed by atoms with Crippen molar-refractivity contribution in [3.05, 3.63) is 59.5 Å². The van der Waals surface area contributed by atoms with E-state index in [4.69, 9.17) is 9.97 Å². The molecule has 11 heteroatoms. The number of alkyl halides is 3. The van der Waals surface area contributed by atoms with Crippen molar-refractivity contribution in [1.82, 2.24) is 15.0 Å². The molecular formula is C27H31F4N7. The second kappa shape index (κ2) is 11.0. The van der Waals surface area contributed by atoms with Gasteiger partial charge in [-0.1, -0.05) is 6.07 Å². The Morgan fingerprint density at radius 1 is 0.816 bits per heavy atom. The summed E-state index contributed by atoms with van der Waals surface area (Å²) in [5.74, 6) is 1.49. The molecule has 2 aliphatic rings. The fraction of sp³-hybridized carbons (Fsp3) is 0.444. The van der Waals surface area contributed by atoms with Crippen LogP contribution < -0.4 is 20.0 Å². The Hall–Kier alpha value is -3.63. The third-order valence-corrected chi connectivity index (χ3v) is 7.08. The van der Waals surface area contributed by atoms with Crippen molar-refractivity contribution in [2.75, 3.05) is 59.3 Å². The minimum Gasteiger partial charge on any atom is -0.356 e. The lowest BCUT2D eigenvalue weighted by Gasteiger charge is -2.30. The number of hydrogen-bond donors (Lipinski definition) is 1. The molecule has 202 valence electrons. The van der Waals surface area contributed by atoms with Crippen LogP contribution in [-0.2, 0) is 6.18 Å². The summed E-state index contributed by atoms with van der Waals surface area (Å²) in [6.07, 6.45) is 0.876. The predicted molar refractivity (Wildman–Crippen MR) is 141 cm³/mol. The summed E-state index contributed by atoms with van der Waals surface area (Å²) in [4.78, 5) is 19.6. The van der Waals surface area contributed by atoms with E-state index in [9.17, 15) is 17.6 Å². The molecule has 0 radical (unpaired) electrons. The molecule has 4 heterocycles. The molecule has 0 atom stereocenters. The van der Waals surface area contributed by atoms with Crippen molar-refractivity contribution in [1.29, 1.82) is 0 Å². The maximum atomic E-state index is 14.2. The van der Waals surface area contributed by atoms with Crippen molar-refractivity contribution in [2.24, 2.45) is 0 Å². The first kappa shape index (κ1) is 26.0. The fourth-order valence-corrected chi connectivity index (χ4v) is 4.99. The molecule has 7 nitrogen and oxygen atoms in total. The van der Waals surface area contributed by atoms with Crippen molar-refractivity contribution in [2.45, 2.75) is 38.8 Å². The first-order chi connectivity index (χ1) is 18.3. The largest absolute Gasteiger partial charge is 0.419 e. The molecule has 2 fully saturated rings. The van der Waals surface area contributed by atoms with Gasteiger partial charge in [0.1, 0.15) is 23.3 Å². The van der Waals surface area contributed by atoms with Crippen LogP contribution in [0.4, 0.5) is 46.7 Å². The first-order valence-electron chi connectivity index (χ1n) is 13.0. The van der Waals surface area contributed by atoms with E-state index in [0.717, 1.165) is 37.8 Å². The van der Waals surface area contributed by atoms with Crippen LogP contribution in [0.3, 0.4) is 0 Å². The summed E-state index contributed by atoms with van der Waals surface area (Å²) in [6.45, 7) is 5.31. The Bertz CT molecular complexity index is 1260. The minimum atomic E-state index is -4.48. The van der Waals surface area contributed by atoms with Gasteiger partial charge < -0.3 is 20.0 Å². The van der Waals surface area contributed by atoms with Gasteiger partial charge in [0.2, 0.25) is 5.95 Å². The Labute approximate surface area is 219 Å². The standard InChI is InChI=1S/C27H31F4N7/c1-19-21(28)9-5-10-22(19)33-23-18-24(36-12-3-2-4-13-36)35-26(34-23)38-15-7-14-37(16-17-38)25-20(27(29,30)31)8-6-11-32-25/h5-6,8-11,18H,2-4,7,12-17H2,1H3,(H,33,34,35). The first-order valence-corrected chi connectivity index (χ1v) is 13.0. The topological polar surface area (TPSA) is 60.4 Å². The van der Waals surface area contributed by atoms with Gasteiger partial charge in [-0.2, -0.15) is 23.1 Å². The fourth-order valence-electron chi connectivity index (χ4n) is 4.99. The smallest absolute Gasteiger partial charge is 0.356 e. The Balaban J connectivity index is 1.42.